The SMILES string of the molecule is COCCN1C2CCC1CN(c1ccc3nc4ccc(=[N+]5CC6CCC(C5)N6CCOC)cc-4sc3c1)C2. The van der Waals surface area contributed by atoms with Gasteiger partial charge in [-0.15, -0.1) is 11.3 Å². The van der Waals surface area contributed by atoms with Crippen LogP contribution in [0, 0.1) is 0 Å². The van der Waals surface area contributed by atoms with E-state index < -0.39 is 0 Å². The first kappa shape index (κ1) is 24.9. The molecule has 5 heterocycles. The van der Waals surface area contributed by atoms with E-state index in [-0.39, 0.29) is 0 Å². The molecule has 4 unspecified atom stereocenters. The van der Waals surface area contributed by atoms with Gasteiger partial charge in [-0.25, -0.2) is 9.56 Å². The number of hydrogen-bond acceptors (Lipinski definition) is 7. The van der Waals surface area contributed by atoms with E-state index in [1.54, 1.807) is 0 Å². The van der Waals surface area contributed by atoms with Gasteiger partial charge in [-0.2, -0.15) is 0 Å². The average Bonchev–Trinajstić information content (AvgIpc) is 3.31. The fraction of sp³-hybridized carbons (Fsp3) is 0.600. The van der Waals surface area contributed by atoms with Crippen LogP contribution in [0.2, 0.25) is 0 Å². The molecule has 5 aliphatic heterocycles. The minimum atomic E-state index is 0.644. The van der Waals surface area contributed by atoms with Crippen molar-refractivity contribution in [3.8, 4) is 10.6 Å². The predicted molar refractivity (Wildman–Crippen MR) is 154 cm³/mol. The lowest BCUT2D eigenvalue weighted by molar-refractivity contribution is 0.0907. The van der Waals surface area contributed by atoms with Crippen LogP contribution in [0.1, 0.15) is 25.7 Å². The Balaban J connectivity index is 1.16. The maximum atomic E-state index is 5.37. The maximum Gasteiger partial charge on any atom is 0.201 e. The number of ether oxygens (including phenoxy) is 2. The number of aromatic nitrogens is 1. The van der Waals surface area contributed by atoms with Crippen LogP contribution in [0.5, 0.6) is 0 Å². The van der Waals surface area contributed by atoms with Gasteiger partial charge < -0.3 is 14.4 Å². The molecular formula is C30H40N5O2S+. The molecule has 0 radical (unpaired) electrons. The van der Waals surface area contributed by atoms with Crippen LogP contribution in [0.25, 0.3) is 20.8 Å². The molecule has 4 saturated heterocycles. The summed E-state index contributed by atoms with van der Waals surface area (Å²) in [7, 11) is 3.62. The highest BCUT2D eigenvalue weighted by Crippen LogP contribution is 2.36. The lowest BCUT2D eigenvalue weighted by Gasteiger charge is -2.42. The minimum absolute atomic E-state index is 0.644. The van der Waals surface area contributed by atoms with Gasteiger partial charge in [0.2, 0.25) is 5.36 Å². The summed E-state index contributed by atoms with van der Waals surface area (Å²) in [5, 5.41) is 1.35. The van der Waals surface area contributed by atoms with Gasteiger partial charge in [0, 0.05) is 70.3 Å². The van der Waals surface area contributed by atoms with Crippen LogP contribution in [-0.2, 0) is 9.47 Å². The third-order valence-corrected chi connectivity index (χ3v) is 10.5. The highest BCUT2D eigenvalue weighted by Gasteiger charge is 2.42. The highest BCUT2D eigenvalue weighted by atomic mass is 32.1. The normalized spacial score (nSPS) is 27.7. The first-order valence-corrected chi connectivity index (χ1v) is 15.2. The second kappa shape index (κ2) is 10.5. The zero-order valence-electron chi connectivity index (χ0n) is 22.7. The Hall–Kier alpha value is -2.10. The summed E-state index contributed by atoms with van der Waals surface area (Å²) in [5.41, 5.74) is 3.55. The Labute approximate surface area is 229 Å². The molecule has 4 atom stereocenters. The molecule has 0 N–H and O–H groups in total. The summed E-state index contributed by atoms with van der Waals surface area (Å²) < 4.78 is 14.6. The van der Waals surface area contributed by atoms with Crippen LogP contribution in [0.4, 0.5) is 5.69 Å². The fourth-order valence-electron chi connectivity index (χ4n) is 7.52. The van der Waals surface area contributed by atoms with E-state index in [0.29, 0.717) is 24.2 Å². The summed E-state index contributed by atoms with van der Waals surface area (Å²) in [5.74, 6) is 0. The number of rotatable bonds is 7. The number of nitrogens with zero attached hydrogens (tertiary/aromatic N) is 5. The molecule has 4 fully saturated rings. The largest absolute Gasteiger partial charge is 0.383 e. The zero-order chi connectivity index (χ0) is 25.6. The fourth-order valence-corrected chi connectivity index (χ4v) is 8.55. The quantitative estimate of drug-likeness (QED) is 0.343. The number of methoxy groups -OCH3 is 2. The van der Waals surface area contributed by atoms with E-state index in [9.17, 15) is 0 Å². The molecule has 38 heavy (non-hydrogen) atoms. The zero-order valence-corrected chi connectivity index (χ0v) is 23.5. The van der Waals surface area contributed by atoms with Crippen molar-refractivity contribution in [1.29, 1.82) is 0 Å². The van der Waals surface area contributed by atoms with Gasteiger partial charge in [0.15, 0.2) is 13.1 Å². The molecule has 202 valence electrons. The first-order valence-electron chi connectivity index (χ1n) is 14.4. The van der Waals surface area contributed by atoms with E-state index in [1.165, 1.54) is 46.3 Å². The molecule has 4 bridgehead atoms. The molecule has 8 heteroatoms. The van der Waals surface area contributed by atoms with Gasteiger partial charge in [-0.3, -0.25) is 9.80 Å². The van der Waals surface area contributed by atoms with Gasteiger partial charge in [0.05, 0.1) is 46.1 Å². The smallest absolute Gasteiger partial charge is 0.201 e. The topological polar surface area (TPSA) is 44.1 Å². The molecular weight excluding hydrogens is 494 g/mol. The van der Waals surface area contributed by atoms with E-state index in [2.05, 4.69) is 55.7 Å². The number of anilines is 1. The monoisotopic (exact) mass is 534 g/mol. The van der Waals surface area contributed by atoms with Crippen LogP contribution >= 0.6 is 11.3 Å². The molecule has 1 aromatic carbocycles. The third kappa shape index (κ3) is 4.54. The lowest BCUT2D eigenvalue weighted by Crippen LogP contribution is -2.55. The minimum Gasteiger partial charge on any atom is -0.383 e. The Morgan fingerprint density at radius 1 is 0.842 bits per heavy atom. The third-order valence-electron chi connectivity index (χ3n) is 9.45. The van der Waals surface area contributed by atoms with Gasteiger partial charge in [-0.05, 0) is 49.9 Å². The van der Waals surface area contributed by atoms with Gasteiger partial charge in [0.25, 0.3) is 0 Å². The summed E-state index contributed by atoms with van der Waals surface area (Å²) in [6, 6.07) is 16.4. The Bertz CT molecular complexity index is 1310. The summed E-state index contributed by atoms with van der Waals surface area (Å²) >= 11 is 1.90. The lowest BCUT2D eigenvalue weighted by atomic mass is 10.1. The van der Waals surface area contributed by atoms with E-state index >= 15 is 0 Å². The van der Waals surface area contributed by atoms with Crippen LogP contribution in [0.15, 0.2) is 36.4 Å². The highest BCUT2D eigenvalue weighted by molar-refractivity contribution is 7.21. The van der Waals surface area contributed by atoms with Crippen LogP contribution in [-0.4, -0.2) is 106 Å². The molecule has 0 spiro atoms. The summed E-state index contributed by atoms with van der Waals surface area (Å²) in [6.07, 6.45) is 5.22. The number of benzene rings is 2. The van der Waals surface area contributed by atoms with Crippen molar-refractivity contribution < 1.29 is 9.47 Å². The molecule has 0 saturated carbocycles. The Morgan fingerprint density at radius 2 is 1.50 bits per heavy atom. The number of hydrogen-bond donors (Lipinski definition) is 0. The molecule has 6 aliphatic rings. The van der Waals surface area contributed by atoms with Gasteiger partial charge in [-0.1, -0.05) is 0 Å². The predicted octanol–water partition coefficient (Wildman–Crippen LogP) is 2.97. The van der Waals surface area contributed by atoms with E-state index in [4.69, 9.17) is 14.5 Å². The van der Waals surface area contributed by atoms with Crippen LogP contribution < -0.4 is 14.8 Å². The maximum absolute atomic E-state index is 5.37. The van der Waals surface area contributed by atoms with Crippen molar-refractivity contribution in [2.24, 2.45) is 0 Å². The molecule has 7 rings (SSSR count). The standard InChI is InChI=1S/C30H40N5O2S/c1-36-13-11-34-23-3-4-24(34)18-32(17-23)21-7-9-27-29(15-21)38-30-16-22(8-10-28(30)31-27)33-19-25-5-6-26(20-33)35(25)12-14-37-2/h7-10,15-16,23-26H,3-6,11-14,17-20H2,1-2H3/q+1. The molecule has 1 aromatic rings. The second-order valence-corrected chi connectivity index (χ2v) is 12.6. The number of piperazine rings is 2. The van der Waals surface area contributed by atoms with E-state index in [0.717, 1.165) is 63.7 Å². The van der Waals surface area contributed by atoms with Crippen molar-refractivity contribution in [3.05, 3.63) is 41.8 Å². The van der Waals surface area contributed by atoms with Crippen molar-refractivity contribution in [2.45, 2.75) is 49.9 Å². The Kier molecular flexibility index (Phi) is 6.86. The van der Waals surface area contributed by atoms with Crippen molar-refractivity contribution in [3.63, 3.8) is 0 Å². The van der Waals surface area contributed by atoms with Crippen molar-refractivity contribution >= 4 is 27.2 Å². The summed E-state index contributed by atoms with van der Waals surface area (Å²) in [6.45, 7) is 8.22. The van der Waals surface area contributed by atoms with Crippen molar-refractivity contribution in [2.75, 3.05) is 71.6 Å². The van der Waals surface area contributed by atoms with Crippen LogP contribution in [0.3, 0.4) is 0 Å². The van der Waals surface area contributed by atoms with Gasteiger partial charge >= 0.3 is 0 Å². The number of fused-ring (bicyclic) bond motifs is 6. The molecule has 7 nitrogen and oxygen atoms in total. The molecule has 0 aromatic heterocycles. The van der Waals surface area contributed by atoms with Gasteiger partial charge in [0.1, 0.15) is 0 Å². The van der Waals surface area contributed by atoms with E-state index in [1.807, 2.05) is 25.6 Å². The summed E-state index contributed by atoms with van der Waals surface area (Å²) in [4.78, 5) is 14.3. The first-order chi connectivity index (χ1) is 18.7. The molecule has 0 amide bonds. The van der Waals surface area contributed by atoms with Crippen molar-refractivity contribution in [1.82, 2.24) is 19.4 Å². The average molecular weight is 535 g/mol. The Morgan fingerprint density at radius 3 is 2.18 bits per heavy atom. The molecule has 1 aliphatic carbocycles. The second-order valence-electron chi connectivity index (χ2n) is 11.6.